The van der Waals surface area contributed by atoms with Crippen molar-refractivity contribution in [2.45, 2.75) is 19.9 Å². The molecule has 0 saturated carbocycles. The minimum atomic E-state index is 0.320. The molecule has 0 aliphatic heterocycles. The fraction of sp³-hybridized carbons (Fsp3) is 0.538. The van der Waals surface area contributed by atoms with Gasteiger partial charge in [0.15, 0.2) is 0 Å². The molecule has 3 nitrogen and oxygen atoms in total. The molecular weight excluding hydrogens is 200 g/mol. The molecule has 1 aromatic rings. The average Bonchev–Trinajstić information content (AvgIpc) is 2.21. The molecule has 16 heavy (non-hydrogen) atoms. The number of anilines is 2. The van der Waals surface area contributed by atoms with E-state index in [1.807, 2.05) is 0 Å². The van der Waals surface area contributed by atoms with E-state index in [-0.39, 0.29) is 0 Å². The van der Waals surface area contributed by atoms with Crippen LogP contribution in [-0.2, 0) is 4.74 Å². The Morgan fingerprint density at radius 3 is 2.62 bits per heavy atom. The lowest BCUT2D eigenvalue weighted by Gasteiger charge is -2.21. The molecule has 0 aromatic heterocycles. The minimum absolute atomic E-state index is 0.320. The Morgan fingerprint density at radius 1 is 1.38 bits per heavy atom. The summed E-state index contributed by atoms with van der Waals surface area (Å²) >= 11 is 0. The molecule has 1 atom stereocenters. The monoisotopic (exact) mass is 222 g/mol. The van der Waals surface area contributed by atoms with E-state index in [2.05, 4.69) is 56.4 Å². The van der Waals surface area contributed by atoms with Crippen molar-refractivity contribution >= 4 is 11.4 Å². The number of hydrogen-bond donors (Lipinski definition) is 1. The second-order valence-corrected chi connectivity index (χ2v) is 4.34. The summed E-state index contributed by atoms with van der Waals surface area (Å²) in [7, 11) is 5.84. The molecule has 0 bridgehead atoms. The molecule has 1 rings (SSSR count). The van der Waals surface area contributed by atoms with Gasteiger partial charge in [-0.2, -0.15) is 0 Å². The molecular formula is C13H22N2O. The molecule has 1 N–H and O–H groups in total. The molecule has 0 fully saturated rings. The van der Waals surface area contributed by atoms with Crippen LogP contribution in [0.1, 0.15) is 12.5 Å². The topological polar surface area (TPSA) is 24.5 Å². The Labute approximate surface area is 98.4 Å². The van der Waals surface area contributed by atoms with Gasteiger partial charge in [-0.1, -0.05) is 6.07 Å². The van der Waals surface area contributed by atoms with Crippen LogP contribution >= 0.6 is 0 Å². The fourth-order valence-corrected chi connectivity index (χ4v) is 1.82. The number of hydrogen-bond acceptors (Lipinski definition) is 3. The number of benzene rings is 1. The predicted molar refractivity (Wildman–Crippen MR) is 70.5 cm³/mol. The van der Waals surface area contributed by atoms with E-state index >= 15 is 0 Å². The molecule has 0 unspecified atom stereocenters. The quantitative estimate of drug-likeness (QED) is 0.828. The number of ether oxygens (including phenoxy) is 1. The lowest BCUT2D eigenvalue weighted by Crippen LogP contribution is -2.22. The summed E-state index contributed by atoms with van der Waals surface area (Å²) in [6.45, 7) is 4.97. The van der Waals surface area contributed by atoms with Gasteiger partial charge in [-0.25, -0.2) is 0 Å². The zero-order valence-electron chi connectivity index (χ0n) is 10.9. The fourth-order valence-electron chi connectivity index (χ4n) is 1.82. The zero-order chi connectivity index (χ0) is 12.1. The van der Waals surface area contributed by atoms with Gasteiger partial charge in [0.05, 0.1) is 6.61 Å². The van der Waals surface area contributed by atoms with Crippen molar-refractivity contribution in [2.75, 3.05) is 38.0 Å². The molecule has 3 heteroatoms. The van der Waals surface area contributed by atoms with E-state index in [1.54, 1.807) is 7.11 Å². The van der Waals surface area contributed by atoms with Gasteiger partial charge in [0.2, 0.25) is 0 Å². The van der Waals surface area contributed by atoms with Crippen LogP contribution in [0, 0.1) is 6.92 Å². The molecule has 0 heterocycles. The van der Waals surface area contributed by atoms with Crippen LogP contribution in [0.2, 0.25) is 0 Å². The lowest BCUT2D eigenvalue weighted by atomic mass is 10.1. The largest absolute Gasteiger partial charge is 0.383 e. The maximum Gasteiger partial charge on any atom is 0.0661 e. The van der Waals surface area contributed by atoms with Gasteiger partial charge in [-0.3, -0.25) is 0 Å². The van der Waals surface area contributed by atoms with Crippen molar-refractivity contribution in [2.24, 2.45) is 0 Å². The Hall–Kier alpha value is -1.22. The van der Waals surface area contributed by atoms with Crippen molar-refractivity contribution in [1.29, 1.82) is 0 Å². The van der Waals surface area contributed by atoms with Crippen molar-refractivity contribution < 1.29 is 4.74 Å². The number of nitrogens with one attached hydrogen (secondary N) is 1. The highest BCUT2D eigenvalue weighted by Crippen LogP contribution is 2.25. The third-order valence-electron chi connectivity index (χ3n) is 2.61. The second-order valence-electron chi connectivity index (χ2n) is 4.34. The van der Waals surface area contributed by atoms with Crippen LogP contribution < -0.4 is 10.2 Å². The van der Waals surface area contributed by atoms with Crippen molar-refractivity contribution in [3.8, 4) is 0 Å². The number of methoxy groups -OCH3 is 1. The van der Waals surface area contributed by atoms with Gasteiger partial charge >= 0.3 is 0 Å². The van der Waals surface area contributed by atoms with E-state index in [0.717, 1.165) is 0 Å². The Bertz CT molecular complexity index is 337. The lowest BCUT2D eigenvalue weighted by molar-refractivity contribution is 0.190. The molecule has 0 aliphatic rings. The average molecular weight is 222 g/mol. The Balaban J connectivity index is 2.84. The van der Waals surface area contributed by atoms with Crippen molar-refractivity contribution in [1.82, 2.24) is 0 Å². The van der Waals surface area contributed by atoms with Gasteiger partial charge < -0.3 is 15.0 Å². The summed E-state index contributed by atoms with van der Waals surface area (Å²) in [5, 5.41) is 3.45. The highest BCUT2D eigenvalue weighted by atomic mass is 16.5. The molecule has 0 amide bonds. The number of rotatable bonds is 5. The van der Waals surface area contributed by atoms with Crippen LogP contribution in [-0.4, -0.2) is 33.9 Å². The van der Waals surface area contributed by atoms with Crippen LogP contribution in [0.25, 0.3) is 0 Å². The molecule has 0 aliphatic carbocycles. The SMILES string of the molecule is COC[C@H](C)Nc1cccc(N(C)C)c1C. The second kappa shape index (κ2) is 5.75. The summed E-state index contributed by atoms with van der Waals surface area (Å²) in [4.78, 5) is 2.13. The van der Waals surface area contributed by atoms with E-state index in [1.165, 1.54) is 16.9 Å². The Morgan fingerprint density at radius 2 is 2.06 bits per heavy atom. The van der Waals surface area contributed by atoms with E-state index in [0.29, 0.717) is 12.6 Å². The number of nitrogens with zero attached hydrogens (tertiary/aromatic N) is 1. The molecule has 90 valence electrons. The van der Waals surface area contributed by atoms with Crippen LogP contribution in [0.4, 0.5) is 11.4 Å². The van der Waals surface area contributed by atoms with E-state index < -0.39 is 0 Å². The summed E-state index contributed by atoms with van der Waals surface area (Å²) in [6, 6.07) is 6.63. The maximum atomic E-state index is 5.12. The zero-order valence-corrected chi connectivity index (χ0v) is 10.9. The van der Waals surface area contributed by atoms with Gasteiger partial charge in [0.1, 0.15) is 0 Å². The summed E-state index contributed by atoms with van der Waals surface area (Å²) < 4.78 is 5.12. The minimum Gasteiger partial charge on any atom is -0.383 e. The van der Waals surface area contributed by atoms with Gasteiger partial charge in [0, 0.05) is 38.6 Å². The molecule has 0 radical (unpaired) electrons. The Kier molecular flexibility index (Phi) is 4.62. The molecule has 1 aromatic carbocycles. The first-order chi connectivity index (χ1) is 7.56. The molecule has 0 saturated heterocycles. The van der Waals surface area contributed by atoms with Crippen molar-refractivity contribution in [3.05, 3.63) is 23.8 Å². The van der Waals surface area contributed by atoms with Gasteiger partial charge in [-0.05, 0) is 31.5 Å². The van der Waals surface area contributed by atoms with E-state index in [9.17, 15) is 0 Å². The maximum absolute atomic E-state index is 5.12. The predicted octanol–water partition coefficient (Wildman–Crippen LogP) is 2.51. The normalized spacial score (nSPS) is 12.3. The first-order valence-corrected chi connectivity index (χ1v) is 5.58. The van der Waals surface area contributed by atoms with Crippen LogP contribution in [0.15, 0.2) is 18.2 Å². The van der Waals surface area contributed by atoms with Gasteiger partial charge in [-0.15, -0.1) is 0 Å². The standard InChI is InChI=1S/C13H22N2O/c1-10(9-16-5)14-12-7-6-8-13(11(12)2)15(3)4/h6-8,10,14H,9H2,1-5H3/t10-/m0/s1. The van der Waals surface area contributed by atoms with E-state index in [4.69, 9.17) is 4.74 Å². The van der Waals surface area contributed by atoms with Crippen LogP contribution in [0.3, 0.4) is 0 Å². The molecule has 0 spiro atoms. The highest BCUT2D eigenvalue weighted by Gasteiger charge is 2.07. The van der Waals surface area contributed by atoms with Crippen LogP contribution in [0.5, 0.6) is 0 Å². The first-order valence-electron chi connectivity index (χ1n) is 5.58. The smallest absolute Gasteiger partial charge is 0.0661 e. The van der Waals surface area contributed by atoms with Gasteiger partial charge in [0.25, 0.3) is 0 Å². The third-order valence-corrected chi connectivity index (χ3v) is 2.61. The summed E-state index contributed by atoms with van der Waals surface area (Å²) in [5.41, 5.74) is 3.70. The summed E-state index contributed by atoms with van der Waals surface area (Å²) in [6.07, 6.45) is 0. The highest BCUT2D eigenvalue weighted by molar-refractivity contribution is 5.65. The van der Waals surface area contributed by atoms with Crippen molar-refractivity contribution in [3.63, 3.8) is 0 Å². The third kappa shape index (κ3) is 3.14. The summed E-state index contributed by atoms with van der Waals surface area (Å²) in [5.74, 6) is 0. The first kappa shape index (κ1) is 12.8.